The summed E-state index contributed by atoms with van der Waals surface area (Å²) in [6.45, 7) is 2.76. The lowest BCUT2D eigenvalue weighted by molar-refractivity contribution is 0.330. The summed E-state index contributed by atoms with van der Waals surface area (Å²) in [5.41, 5.74) is 2.03. The zero-order valence-electron chi connectivity index (χ0n) is 10.3. The number of aromatic nitrogens is 1. The fourth-order valence-corrected chi connectivity index (χ4v) is 1.73. The van der Waals surface area contributed by atoms with E-state index in [2.05, 4.69) is 10.3 Å². The second-order valence-electron chi connectivity index (χ2n) is 4.68. The predicted octanol–water partition coefficient (Wildman–Crippen LogP) is 3.03. The van der Waals surface area contributed by atoms with E-state index in [0.29, 0.717) is 12.1 Å². The van der Waals surface area contributed by atoms with Gasteiger partial charge in [0.05, 0.1) is 5.69 Å². The van der Waals surface area contributed by atoms with E-state index in [4.69, 9.17) is 9.15 Å². The molecule has 0 spiro atoms. The van der Waals surface area contributed by atoms with E-state index in [1.165, 1.54) is 12.8 Å². The lowest BCUT2D eigenvalue weighted by Gasteiger charge is -2.00. The summed E-state index contributed by atoms with van der Waals surface area (Å²) in [5.74, 6) is 0.749. The third-order valence-electron chi connectivity index (χ3n) is 2.87. The van der Waals surface area contributed by atoms with Crippen molar-refractivity contribution < 1.29 is 9.15 Å². The van der Waals surface area contributed by atoms with Gasteiger partial charge in [-0.25, -0.2) is 0 Å². The van der Waals surface area contributed by atoms with Crippen molar-refractivity contribution in [2.24, 2.45) is 0 Å². The first kappa shape index (κ1) is 11.3. The van der Waals surface area contributed by atoms with Gasteiger partial charge in [0.15, 0.2) is 0 Å². The van der Waals surface area contributed by atoms with Crippen LogP contribution in [-0.2, 0) is 6.54 Å². The molecule has 1 aromatic carbocycles. The topological polar surface area (TPSA) is 47.3 Å². The minimum atomic E-state index is 0.299. The molecule has 1 fully saturated rings. The highest BCUT2D eigenvalue weighted by Crippen LogP contribution is 2.22. The van der Waals surface area contributed by atoms with E-state index in [0.717, 1.165) is 23.6 Å². The van der Waals surface area contributed by atoms with Gasteiger partial charge in [0.1, 0.15) is 12.0 Å². The Hall–Kier alpha value is -1.81. The molecule has 0 atom stereocenters. The Labute approximate surface area is 106 Å². The molecule has 0 bridgehead atoms. The molecule has 0 aliphatic heterocycles. The van der Waals surface area contributed by atoms with E-state index in [-0.39, 0.29) is 0 Å². The maximum atomic E-state index is 5.56. The summed E-state index contributed by atoms with van der Waals surface area (Å²) >= 11 is 0. The predicted molar refractivity (Wildman–Crippen MR) is 67.6 cm³/mol. The van der Waals surface area contributed by atoms with Crippen LogP contribution in [0.15, 0.2) is 34.9 Å². The van der Waals surface area contributed by atoms with Gasteiger partial charge < -0.3 is 14.5 Å². The first-order chi connectivity index (χ1) is 8.79. The summed E-state index contributed by atoms with van der Waals surface area (Å²) in [6, 6.07) is 8.48. The number of benzene rings is 1. The average Bonchev–Trinajstić information content (AvgIpc) is 3.08. The van der Waals surface area contributed by atoms with E-state index in [1.54, 1.807) is 6.26 Å². The standard InChI is InChI=1S/C14H16N2O2/c1-10-3-2-4-13(7-10)18-14-16-12(9-17-14)8-15-11-5-6-11/h2-4,7,9,11,15H,5-6,8H2,1H3. The Morgan fingerprint density at radius 2 is 2.33 bits per heavy atom. The van der Waals surface area contributed by atoms with Crippen molar-refractivity contribution >= 4 is 0 Å². The minimum Gasteiger partial charge on any atom is -0.417 e. The van der Waals surface area contributed by atoms with Gasteiger partial charge in [0, 0.05) is 12.6 Å². The quantitative estimate of drug-likeness (QED) is 0.878. The number of rotatable bonds is 5. The third kappa shape index (κ3) is 2.90. The maximum absolute atomic E-state index is 5.56. The molecule has 1 N–H and O–H groups in total. The van der Waals surface area contributed by atoms with Gasteiger partial charge >= 0.3 is 6.08 Å². The molecule has 94 valence electrons. The molecule has 1 heterocycles. The van der Waals surface area contributed by atoms with Crippen molar-refractivity contribution in [3.8, 4) is 11.8 Å². The molecular formula is C14H16N2O2. The molecule has 4 nitrogen and oxygen atoms in total. The molecule has 3 rings (SSSR count). The molecule has 0 amide bonds. The zero-order valence-corrected chi connectivity index (χ0v) is 10.3. The van der Waals surface area contributed by atoms with Gasteiger partial charge in [-0.15, -0.1) is 0 Å². The van der Waals surface area contributed by atoms with Gasteiger partial charge in [-0.2, -0.15) is 4.98 Å². The molecule has 1 aliphatic rings. The van der Waals surface area contributed by atoms with Crippen molar-refractivity contribution in [2.45, 2.75) is 32.4 Å². The van der Waals surface area contributed by atoms with Gasteiger partial charge in [0.2, 0.25) is 0 Å². The molecule has 1 aromatic heterocycles. The zero-order chi connectivity index (χ0) is 12.4. The molecular weight excluding hydrogens is 228 g/mol. The third-order valence-corrected chi connectivity index (χ3v) is 2.87. The molecule has 0 radical (unpaired) electrons. The number of hydrogen-bond donors (Lipinski definition) is 1. The summed E-state index contributed by atoms with van der Waals surface area (Å²) < 4.78 is 10.8. The van der Waals surface area contributed by atoms with E-state index in [9.17, 15) is 0 Å². The largest absolute Gasteiger partial charge is 0.417 e. The van der Waals surface area contributed by atoms with Crippen molar-refractivity contribution in [3.05, 3.63) is 41.8 Å². The van der Waals surface area contributed by atoms with Crippen LogP contribution in [0.5, 0.6) is 11.8 Å². The van der Waals surface area contributed by atoms with E-state index < -0.39 is 0 Å². The Morgan fingerprint density at radius 1 is 1.44 bits per heavy atom. The highest BCUT2D eigenvalue weighted by Gasteiger charge is 2.20. The molecule has 0 unspecified atom stereocenters. The van der Waals surface area contributed by atoms with Crippen molar-refractivity contribution in [1.82, 2.24) is 10.3 Å². The first-order valence-electron chi connectivity index (χ1n) is 6.22. The maximum Gasteiger partial charge on any atom is 0.399 e. The number of ether oxygens (including phenoxy) is 1. The lowest BCUT2D eigenvalue weighted by Crippen LogP contribution is -2.15. The number of hydrogen-bond acceptors (Lipinski definition) is 4. The molecule has 18 heavy (non-hydrogen) atoms. The van der Waals surface area contributed by atoms with E-state index >= 15 is 0 Å². The Balaban J connectivity index is 1.61. The van der Waals surface area contributed by atoms with Crippen LogP contribution in [-0.4, -0.2) is 11.0 Å². The van der Waals surface area contributed by atoms with Crippen molar-refractivity contribution in [1.29, 1.82) is 0 Å². The fourth-order valence-electron chi connectivity index (χ4n) is 1.73. The summed E-state index contributed by atoms with van der Waals surface area (Å²) in [5, 5.41) is 3.38. The Bertz CT molecular complexity index is 532. The summed E-state index contributed by atoms with van der Waals surface area (Å²) in [4.78, 5) is 4.28. The average molecular weight is 244 g/mol. The summed E-state index contributed by atoms with van der Waals surface area (Å²) in [6.07, 6.45) is 4.48. The second-order valence-corrected chi connectivity index (χ2v) is 4.68. The van der Waals surface area contributed by atoms with Crippen LogP contribution in [0.4, 0.5) is 0 Å². The highest BCUT2D eigenvalue weighted by molar-refractivity contribution is 5.29. The number of aryl methyl sites for hydroxylation is 1. The van der Waals surface area contributed by atoms with Gasteiger partial charge in [-0.05, 0) is 37.5 Å². The molecule has 1 saturated carbocycles. The van der Waals surface area contributed by atoms with Crippen LogP contribution in [0.25, 0.3) is 0 Å². The molecule has 4 heteroatoms. The van der Waals surface area contributed by atoms with Crippen LogP contribution in [0, 0.1) is 6.92 Å². The monoisotopic (exact) mass is 244 g/mol. The van der Waals surface area contributed by atoms with Crippen LogP contribution in [0.2, 0.25) is 0 Å². The number of nitrogens with one attached hydrogen (secondary N) is 1. The Kier molecular flexibility index (Phi) is 3.02. The molecule has 0 saturated heterocycles. The Morgan fingerprint density at radius 3 is 3.11 bits per heavy atom. The smallest absolute Gasteiger partial charge is 0.399 e. The highest BCUT2D eigenvalue weighted by atomic mass is 16.6. The van der Waals surface area contributed by atoms with Crippen LogP contribution in [0.3, 0.4) is 0 Å². The minimum absolute atomic E-state index is 0.299. The first-order valence-corrected chi connectivity index (χ1v) is 6.22. The SMILES string of the molecule is Cc1cccc(Oc2nc(CNC3CC3)co2)c1. The number of oxazole rings is 1. The summed E-state index contributed by atoms with van der Waals surface area (Å²) in [7, 11) is 0. The van der Waals surface area contributed by atoms with Crippen LogP contribution >= 0.6 is 0 Å². The van der Waals surface area contributed by atoms with Gasteiger partial charge in [0.25, 0.3) is 0 Å². The van der Waals surface area contributed by atoms with Crippen LogP contribution in [0.1, 0.15) is 24.1 Å². The van der Waals surface area contributed by atoms with E-state index in [1.807, 2.05) is 31.2 Å². The number of nitrogens with zero attached hydrogens (tertiary/aromatic N) is 1. The van der Waals surface area contributed by atoms with Gasteiger partial charge in [-0.3, -0.25) is 0 Å². The lowest BCUT2D eigenvalue weighted by atomic mass is 10.2. The second kappa shape index (κ2) is 4.82. The molecule has 2 aromatic rings. The van der Waals surface area contributed by atoms with Gasteiger partial charge in [-0.1, -0.05) is 12.1 Å². The van der Waals surface area contributed by atoms with Crippen LogP contribution < -0.4 is 10.1 Å². The normalized spacial score (nSPS) is 14.7. The molecule has 1 aliphatic carbocycles. The van der Waals surface area contributed by atoms with Crippen molar-refractivity contribution in [2.75, 3.05) is 0 Å². The fraction of sp³-hybridized carbons (Fsp3) is 0.357. The van der Waals surface area contributed by atoms with Crippen molar-refractivity contribution in [3.63, 3.8) is 0 Å².